The van der Waals surface area contributed by atoms with Crippen molar-refractivity contribution in [1.82, 2.24) is 4.90 Å². The van der Waals surface area contributed by atoms with E-state index < -0.39 is 17.7 Å². The van der Waals surface area contributed by atoms with Crippen molar-refractivity contribution >= 4 is 17.4 Å². The Bertz CT molecular complexity index is 1040. The van der Waals surface area contributed by atoms with E-state index in [2.05, 4.69) is 0 Å². The van der Waals surface area contributed by atoms with Crippen LogP contribution in [0.25, 0.3) is 5.76 Å². The number of ketones is 1. The first kappa shape index (κ1) is 20.9. The second-order valence-corrected chi connectivity index (χ2v) is 7.71. The molecule has 1 amide bonds. The molecule has 0 radical (unpaired) electrons. The maximum atomic E-state index is 13.0. The molecule has 7 heteroatoms. The molecular weight excluding hydrogens is 398 g/mol. The average Bonchev–Trinajstić information content (AvgIpc) is 3.27. The van der Waals surface area contributed by atoms with Gasteiger partial charge in [-0.05, 0) is 48.4 Å². The van der Waals surface area contributed by atoms with E-state index in [0.717, 1.165) is 17.7 Å². The van der Waals surface area contributed by atoms with E-state index in [0.29, 0.717) is 16.9 Å². The van der Waals surface area contributed by atoms with Gasteiger partial charge in [-0.15, -0.1) is 0 Å². The average molecular weight is 423 g/mol. The van der Waals surface area contributed by atoms with Crippen molar-refractivity contribution in [3.05, 3.63) is 64.7 Å². The predicted octanol–water partition coefficient (Wildman–Crippen LogP) is 3.09. The Morgan fingerprint density at radius 2 is 1.90 bits per heavy atom. The van der Waals surface area contributed by atoms with Crippen LogP contribution in [0.2, 0.25) is 0 Å². The highest BCUT2D eigenvalue weighted by Crippen LogP contribution is 2.40. The summed E-state index contributed by atoms with van der Waals surface area (Å²) in [6.45, 7) is 2.47. The Morgan fingerprint density at radius 3 is 2.58 bits per heavy atom. The number of aliphatic hydroxyl groups excluding tert-OH is 1. The SMILES string of the molecule is COCCN1C(=O)C(=O)/C(=C(/O)c2ccc3c(c2)C[C@@H](C)O3)[C@H]1c1ccc(OC)cc1. The Morgan fingerprint density at radius 1 is 1.16 bits per heavy atom. The summed E-state index contributed by atoms with van der Waals surface area (Å²) >= 11 is 0. The van der Waals surface area contributed by atoms with Gasteiger partial charge in [0.1, 0.15) is 23.4 Å². The summed E-state index contributed by atoms with van der Waals surface area (Å²) < 4.78 is 16.1. The molecule has 2 aliphatic rings. The van der Waals surface area contributed by atoms with Crippen LogP contribution in [0, 0.1) is 0 Å². The fourth-order valence-corrected chi connectivity index (χ4v) is 4.16. The summed E-state index contributed by atoms with van der Waals surface area (Å²) in [4.78, 5) is 27.3. The molecular formula is C24H25NO6. The van der Waals surface area contributed by atoms with Crippen molar-refractivity contribution in [1.29, 1.82) is 0 Å². The van der Waals surface area contributed by atoms with Gasteiger partial charge in [-0.25, -0.2) is 0 Å². The van der Waals surface area contributed by atoms with Crippen molar-refractivity contribution in [3.63, 3.8) is 0 Å². The summed E-state index contributed by atoms with van der Waals surface area (Å²) in [6.07, 6.45) is 0.784. The van der Waals surface area contributed by atoms with E-state index in [9.17, 15) is 14.7 Å². The molecule has 0 aromatic heterocycles. The van der Waals surface area contributed by atoms with E-state index in [1.807, 2.05) is 13.0 Å². The van der Waals surface area contributed by atoms with Crippen molar-refractivity contribution in [2.24, 2.45) is 0 Å². The van der Waals surface area contributed by atoms with Crippen molar-refractivity contribution < 1.29 is 28.9 Å². The molecule has 2 aromatic carbocycles. The predicted molar refractivity (Wildman–Crippen MR) is 114 cm³/mol. The van der Waals surface area contributed by atoms with E-state index >= 15 is 0 Å². The minimum absolute atomic E-state index is 0.0614. The number of fused-ring (bicyclic) bond motifs is 1. The van der Waals surface area contributed by atoms with Gasteiger partial charge in [-0.2, -0.15) is 0 Å². The molecule has 1 fully saturated rings. The molecule has 4 rings (SSSR count). The number of nitrogens with zero attached hydrogens (tertiary/aromatic N) is 1. The Labute approximate surface area is 180 Å². The van der Waals surface area contributed by atoms with Crippen LogP contribution in [-0.2, 0) is 20.7 Å². The fraction of sp³-hybridized carbons (Fsp3) is 0.333. The highest BCUT2D eigenvalue weighted by molar-refractivity contribution is 6.46. The first-order valence-electron chi connectivity index (χ1n) is 10.2. The number of hydrogen-bond donors (Lipinski definition) is 1. The van der Waals surface area contributed by atoms with E-state index in [4.69, 9.17) is 14.2 Å². The normalized spacial score (nSPS) is 21.8. The highest BCUT2D eigenvalue weighted by atomic mass is 16.5. The van der Waals surface area contributed by atoms with Gasteiger partial charge in [-0.1, -0.05) is 12.1 Å². The number of hydrogen-bond acceptors (Lipinski definition) is 6. The minimum Gasteiger partial charge on any atom is -0.507 e. The molecule has 1 N–H and O–H groups in total. The van der Waals surface area contributed by atoms with Crippen molar-refractivity contribution in [2.45, 2.75) is 25.5 Å². The molecule has 0 aliphatic carbocycles. The third-order valence-corrected chi connectivity index (χ3v) is 5.68. The summed E-state index contributed by atoms with van der Waals surface area (Å²) in [5, 5.41) is 11.2. The van der Waals surface area contributed by atoms with Gasteiger partial charge in [0.05, 0.1) is 25.3 Å². The quantitative estimate of drug-likeness (QED) is 0.437. The molecule has 2 aliphatic heterocycles. The smallest absolute Gasteiger partial charge is 0.295 e. The van der Waals surface area contributed by atoms with Crippen LogP contribution in [0.5, 0.6) is 11.5 Å². The molecule has 0 unspecified atom stereocenters. The lowest BCUT2D eigenvalue weighted by Crippen LogP contribution is -2.32. The van der Waals surface area contributed by atoms with Crippen LogP contribution < -0.4 is 9.47 Å². The molecule has 1 saturated heterocycles. The topological polar surface area (TPSA) is 85.3 Å². The summed E-state index contributed by atoms with van der Waals surface area (Å²) in [5.74, 6) is -0.125. The maximum absolute atomic E-state index is 13.0. The highest BCUT2D eigenvalue weighted by Gasteiger charge is 2.46. The molecule has 0 bridgehead atoms. The second-order valence-electron chi connectivity index (χ2n) is 7.71. The Kier molecular flexibility index (Phi) is 5.69. The zero-order valence-electron chi connectivity index (χ0n) is 17.8. The van der Waals surface area contributed by atoms with Gasteiger partial charge < -0.3 is 24.2 Å². The fourth-order valence-electron chi connectivity index (χ4n) is 4.16. The largest absolute Gasteiger partial charge is 0.507 e. The molecule has 2 heterocycles. The Balaban J connectivity index is 1.81. The lowest BCUT2D eigenvalue weighted by atomic mass is 9.94. The monoisotopic (exact) mass is 423 g/mol. The molecule has 2 atom stereocenters. The lowest BCUT2D eigenvalue weighted by Gasteiger charge is -2.25. The zero-order chi connectivity index (χ0) is 22.1. The van der Waals surface area contributed by atoms with Gasteiger partial charge in [-0.3, -0.25) is 9.59 Å². The number of carbonyl (C=O) groups excluding carboxylic acids is 2. The standard InChI is InChI=1S/C24H25NO6/c1-14-12-17-13-16(6-9-19(17)31-14)22(26)20-21(15-4-7-18(30-3)8-5-15)25(10-11-29-2)24(28)23(20)27/h4-9,13-14,21,26H,10-12H2,1-3H3/b22-20+/t14-,21-/m1/s1. The van der Waals surface area contributed by atoms with Crippen molar-refractivity contribution in [2.75, 3.05) is 27.4 Å². The lowest BCUT2D eigenvalue weighted by molar-refractivity contribution is -0.140. The van der Waals surface area contributed by atoms with E-state index in [1.54, 1.807) is 43.5 Å². The third kappa shape index (κ3) is 3.77. The Hall–Kier alpha value is -3.32. The number of Topliss-reactive ketones (excluding diaryl/α,β-unsaturated/α-hetero) is 1. The van der Waals surface area contributed by atoms with Crippen LogP contribution in [0.1, 0.15) is 29.7 Å². The number of benzene rings is 2. The summed E-state index contributed by atoms with van der Waals surface area (Å²) in [7, 11) is 3.10. The molecule has 0 spiro atoms. The number of carbonyl (C=O) groups is 2. The zero-order valence-corrected chi connectivity index (χ0v) is 17.8. The molecule has 162 valence electrons. The van der Waals surface area contributed by atoms with Crippen LogP contribution in [0.4, 0.5) is 0 Å². The second kappa shape index (κ2) is 8.43. The van der Waals surface area contributed by atoms with Crippen LogP contribution in [0.15, 0.2) is 48.0 Å². The van der Waals surface area contributed by atoms with Crippen LogP contribution >= 0.6 is 0 Å². The molecule has 0 saturated carbocycles. The van der Waals surface area contributed by atoms with Gasteiger partial charge in [0.15, 0.2) is 0 Å². The molecule has 31 heavy (non-hydrogen) atoms. The number of rotatable bonds is 6. The maximum Gasteiger partial charge on any atom is 0.295 e. The van der Waals surface area contributed by atoms with Gasteiger partial charge >= 0.3 is 0 Å². The van der Waals surface area contributed by atoms with Gasteiger partial charge in [0.2, 0.25) is 0 Å². The molecule has 2 aromatic rings. The third-order valence-electron chi connectivity index (χ3n) is 5.68. The van der Waals surface area contributed by atoms with Crippen LogP contribution in [0.3, 0.4) is 0 Å². The number of amides is 1. The van der Waals surface area contributed by atoms with Gasteiger partial charge in [0, 0.05) is 25.6 Å². The first-order chi connectivity index (χ1) is 14.9. The van der Waals surface area contributed by atoms with Gasteiger partial charge in [0.25, 0.3) is 11.7 Å². The van der Waals surface area contributed by atoms with E-state index in [1.165, 1.54) is 12.0 Å². The first-order valence-corrected chi connectivity index (χ1v) is 10.2. The summed E-state index contributed by atoms with van der Waals surface area (Å²) in [6, 6.07) is 11.7. The molecule has 7 nitrogen and oxygen atoms in total. The number of likely N-dealkylation sites (tertiary alicyclic amines) is 1. The summed E-state index contributed by atoms with van der Waals surface area (Å²) in [5.41, 5.74) is 2.22. The number of ether oxygens (including phenoxy) is 3. The van der Waals surface area contributed by atoms with Crippen LogP contribution in [-0.4, -0.2) is 55.2 Å². The number of aliphatic hydroxyl groups is 1. The van der Waals surface area contributed by atoms with Crippen molar-refractivity contribution in [3.8, 4) is 11.5 Å². The minimum atomic E-state index is -0.718. The van der Waals surface area contributed by atoms with E-state index in [-0.39, 0.29) is 30.6 Å². The number of methoxy groups -OCH3 is 2.